The number of rotatable bonds is 4. The van der Waals surface area contributed by atoms with Gasteiger partial charge in [0, 0.05) is 36.9 Å². The molecule has 0 aromatic carbocycles. The van der Waals surface area contributed by atoms with Crippen molar-refractivity contribution in [3.05, 3.63) is 47.5 Å². The fraction of sp³-hybridized carbons (Fsp3) is 0.389. The largest absolute Gasteiger partial charge is 0.337 e. The van der Waals surface area contributed by atoms with Crippen LogP contribution in [0.25, 0.3) is 10.6 Å². The Morgan fingerprint density at radius 3 is 3.12 bits per heavy atom. The minimum absolute atomic E-state index is 0.0195. The van der Waals surface area contributed by atoms with Gasteiger partial charge in [0.1, 0.15) is 0 Å². The highest BCUT2D eigenvalue weighted by molar-refractivity contribution is 7.15. The summed E-state index contributed by atoms with van der Waals surface area (Å²) >= 11 is 1.70. The Morgan fingerprint density at radius 2 is 2.36 bits per heavy atom. The van der Waals surface area contributed by atoms with E-state index in [1.54, 1.807) is 17.5 Å². The lowest BCUT2D eigenvalue weighted by atomic mass is 9.97. The van der Waals surface area contributed by atoms with E-state index in [1.807, 2.05) is 23.5 Å². The van der Waals surface area contributed by atoms with E-state index in [0.717, 1.165) is 43.0 Å². The maximum absolute atomic E-state index is 12.8. The summed E-state index contributed by atoms with van der Waals surface area (Å²) in [6.07, 6.45) is 7.78. The molecule has 1 amide bonds. The Kier molecular flexibility index (Phi) is 4.40. The van der Waals surface area contributed by atoms with Crippen LogP contribution in [0.3, 0.4) is 0 Å². The molecule has 1 fully saturated rings. The average molecular weight is 355 g/mol. The number of aromatic nitrogens is 4. The highest BCUT2D eigenvalue weighted by Crippen LogP contribution is 2.27. The van der Waals surface area contributed by atoms with Gasteiger partial charge in [0.05, 0.1) is 16.9 Å². The summed E-state index contributed by atoms with van der Waals surface area (Å²) in [7, 11) is 0. The number of aryl methyl sites for hydroxylation is 1. The van der Waals surface area contributed by atoms with Gasteiger partial charge in [-0.15, -0.1) is 11.3 Å². The molecule has 0 spiro atoms. The fourth-order valence-corrected chi connectivity index (χ4v) is 4.22. The van der Waals surface area contributed by atoms with Crippen LogP contribution in [0.1, 0.15) is 28.2 Å². The lowest BCUT2D eigenvalue weighted by molar-refractivity contribution is 0.0656. The maximum Gasteiger partial charge on any atom is 0.274 e. The first-order chi connectivity index (χ1) is 12.2. The minimum Gasteiger partial charge on any atom is -0.337 e. The van der Waals surface area contributed by atoms with Gasteiger partial charge in [0.15, 0.2) is 5.69 Å². The van der Waals surface area contributed by atoms with Gasteiger partial charge in [-0.25, -0.2) is 4.98 Å². The summed E-state index contributed by atoms with van der Waals surface area (Å²) in [5, 5.41) is 7.26. The molecular weight excluding hydrogens is 334 g/mol. The summed E-state index contributed by atoms with van der Waals surface area (Å²) in [6, 6.07) is 6.00. The lowest BCUT2D eigenvalue weighted by Crippen LogP contribution is -2.41. The molecule has 1 aliphatic rings. The van der Waals surface area contributed by atoms with Crippen molar-refractivity contribution in [3.63, 3.8) is 0 Å². The quantitative estimate of drug-likeness (QED) is 0.781. The molecule has 1 saturated heterocycles. The van der Waals surface area contributed by atoms with E-state index in [4.69, 9.17) is 0 Å². The van der Waals surface area contributed by atoms with Crippen LogP contribution < -0.4 is 0 Å². The predicted molar refractivity (Wildman–Crippen MR) is 97.5 cm³/mol. The second-order valence-electron chi connectivity index (χ2n) is 6.60. The lowest BCUT2D eigenvalue weighted by Gasteiger charge is -2.32. The van der Waals surface area contributed by atoms with Gasteiger partial charge in [-0.1, -0.05) is 0 Å². The number of likely N-dealkylation sites (tertiary alicyclic amines) is 1. The summed E-state index contributed by atoms with van der Waals surface area (Å²) in [4.78, 5) is 21.2. The van der Waals surface area contributed by atoms with Crippen LogP contribution >= 0.6 is 11.3 Å². The first-order valence-corrected chi connectivity index (χ1v) is 9.38. The molecule has 6 nitrogen and oxygen atoms in total. The van der Waals surface area contributed by atoms with E-state index in [9.17, 15) is 4.79 Å². The number of hydrogen-bond donors (Lipinski definition) is 1. The molecule has 4 rings (SSSR count). The van der Waals surface area contributed by atoms with Gasteiger partial charge in [0.2, 0.25) is 0 Å². The predicted octanol–water partition coefficient (Wildman–Crippen LogP) is 3.20. The van der Waals surface area contributed by atoms with Crippen molar-refractivity contribution in [2.45, 2.75) is 26.3 Å². The molecule has 1 aliphatic heterocycles. The van der Waals surface area contributed by atoms with E-state index in [1.165, 1.54) is 4.88 Å². The normalized spacial score (nSPS) is 17.8. The summed E-state index contributed by atoms with van der Waals surface area (Å²) < 4.78 is 2.09. The van der Waals surface area contributed by atoms with Crippen LogP contribution in [-0.2, 0) is 6.54 Å². The topological polar surface area (TPSA) is 66.8 Å². The van der Waals surface area contributed by atoms with Crippen molar-refractivity contribution < 1.29 is 4.79 Å². The van der Waals surface area contributed by atoms with Gasteiger partial charge in [-0.2, -0.15) is 5.10 Å². The van der Waals surface area contributed by atoms with Crippen molar-refractivity contribution in [3.8, 4) is 10.6 Å². The molecule has 4 heterocycles. The van der Waals surface area contributed by atoms with Crippen LogP contribution in [-0.4, -0.2) is 43.6 Å². The minimum atomic E-state index is 0.0195. The summed E-state index contributed by atoms with van der Waals surface area (Å²) in [5.74, 6) is 0.483. The highest BCUT2D eigenvalue weighted by atomic mass is 32.1. The summed E-state index contributed by atoms with van der Waals surface area (Å²) in [5.41, 5.74) is 1.41. The Labute approximate surface area is 150 Å². The third-order valence-electron chi connectivity index (χ3n) is 4.64. The molecule has 0 saturated carbocycles. The molecule has 3 aromatic rings. The van der Waals surface area contributed by atoms with Crippen LogP contribution in [0.4, 0.5) is 0 Å². The number of hydrogen-bond acceptors (Lipinski definition) is 4. The molecule has 0 radical (unpaired) electrons. The zero-order valence-corrected chi connectivity index (χ0v) is 15.0. The van der Waals surface area contributed by atoms with Gasteiger partial charge in [-0.05, 0) is 43.9 Å². The van der Waals surface area contributed by atoms with Gasteiger partial charge in [-0.3, -0.25) is 9.89 Å². The molecule has 0 aliphatic carbocycles. The smallest absolute Gasteiger partial charge is 0.274 e. The second kappa shape index (κ2) is 6.84. The van der Waals surface area contributed by atoms with E-state index in [-0.39, 0.29) is 5.91 Å². The molecule has 3 aromatic heterocycles. The fourth-order valence-electron chi connectivity index (χ4n) is 3.39. The van der Waals surface area contributed by atoms with E-state index < -0.39 is 0 Å². The highest BCUT2D eigenvalue weighted by Gasteiger charge is 2.26. The number of nitrogens with zero attached hydrogens (tertiary/aromatic N) is 4. The van der Waals surface area contributed by atoms with Gasteiger partial charge >= 0.3 is 0 Å². The molecule has 130 valence electrons. The number of carbonyl (C=O) groups excluding carboxylic acids is 1. The first-order valence-electron chi connectivity index (χ1n) is 8.56. The number of piperidine rings is 1. The zero-order chi connectivity index (χ0) is 17.2. The van der Waals surface area contributed by atoms with E-state index in [0.29, 0.717) is 11.6 Å². The number of carbonyl (C=O) groups is 1. The van der Waals surface area contributed by atoms with Crippen LogP contribution in [0.2, 0.25) is 0 Å². The number of nitrogens with one attached hydrogen (secondary N) is 1. The van der Waals surface area contributed by atoms with Crippen molar-refractivity contribution in [1.82, 2.24) is 24.6 Å². The number of H-pyrrole nitrogens is 1. The number of amides is 1. The maximum atomic E-state index is 12.8. The monoisotopic (exact) mass is 355 g/mol. The van der Waals surface area contributed by atoms with Gasteiger partial charge < -0.3 is 9.47 Å². The van der Waals surface area contributed by atoms with E-state index in [2.05, 4.69) is 38.8 Å². The standard InChI is InChI=1S/C18H21N5OS/c1-13-4-5-17(25-13)15-9-16(21-20-15)18(24)23-7-2-3-14(11-23)10-22-8-6-19-12-22/h4-6,8-9,12,14H,2-3,7,10-11H2,1H3,(H,20,21). The molecule has 1 atom stereocenters. The van der Waals surface area contributed by atoms with Crippen molar-refractivity contribution >= 4 is 17.2 Å². The Bertz CT molecular complexity index is 851. The third kappa shape index (κ3) is 3.51. The molecule has 0 bridgehead atoms. The van der Waals surface area contributed by atoms with Crippen molar-refractivity contribution in [2.75, 3.05) is 13.1 Å². The van der Waals surface area contributed by atoms with Crippen molar-refractivity contribution in [1.29, 1.82) is 0 Å². The first kappa shape index (κ1) is 16.1. The number of imidazole rings is 1. The van der Waals surface area contributed by atoms with Crippen LogP contribution in [0.15, 0.2) is 36.9 Å². The zero-order valence-electron chi connectivity index (χ0n) is 14.2. The number of thiophene rings is 1. The molecule has 25 heavy (non-hydrogen) atoms. The molecule has 1 N–H and O–H groups in total. The second-order valence-corrected chi connectivity index (χ2v) is 7.88. The van der Waals surface area contributed by atoms with Gasteiger partial charge in [0.25, 0.3) is 5.91 Å². The van der Waals surface area contributed by atoms with Crippen LogP contribution in [0.5, 0.6) is 0 Å². The Hall–Kier alpha value is -2.41. The Balaban J connectivity index is 1.44. The average Bonchev–Trinajstić information content (AvgIpc) is 3.35. The molecular formula is C18H21N5OS. The Morgan fingerprint density at radius 1 is 1.44 bits per heavy atom. The van der Waals surface area contributed by atoms with E-state index >= 15 is 0 Å². The molecule has 7 heteroatoms. The van der Waals surface area contributed by atoms with Crippen LogP contribution in [0, 0.1) is 12.8 Å². The summed E-state index contributed by atoms with van der Waals surface area (Å²) in [6.45, 7) is 4.56. The van der Waals surface area contributed by atoms with Crippen molar-refractivity contribution in [2.24, 2.45) is 5.92 Å². The molecule has 1 unspecified atom stereocenters. The number of aromatic amines is 1. The third-order valence-corrected chi connectivity index (χ3v) is 5.67. The SMILES string of the molecule is Cc1ccc(-c2cc(C(=O)N3CCCC(Cn4ccnc4)C3)n[nH]2)s1.